The molecule has 2 heterocycles. The predicted octanol–water partition coefficient (Wildman–Crippen LogP) is 5.66. The van der Waals surface area contributed by atoms with Gasteiger partial charge in [-0.2, -0.15) is 0 Å². The summed E-state index contributed by atoms with van der Waals surface area (Å²) in [4.78, 5) is 21.2. The highest BCUT2D eigenvalue weighted by Crippen LogP contribution is 2.31. The number of amides is 1. The van der Waals surface area contributed by atoms with Crippen LogP contribution in [0.25, 0.3) is 11.0 Å². The molecule has 0 saturated carbocycles. The van der Waals surface area contributed by atoms with Gasteiger partial charge in [-0.05, 0) is 54.3 Å². The van der Waals surface area contributed by atoms with Crippen LogP contribution in [0.2, 0.25) is 0 Å². The number of nitrogens with one attached hydrogen (secondary N) is 2. The topological polar surface area (TPSA) is 111 Å². The average Bonchev–Trinajstić information content (AvgIpc) is 3.27. The lowest BCUT2D eigenvalue weighted by molar-refractivity contribution is -0.117. The predicted molar refractivity (Wildman–Crippen MR) is 149 cm³/mol. The van der Waals surface area contributed by atoms with Crippen molar-refractivity contribution in [3.63, 3.8) is 0 Å². The molecule has 0 aliphatic heterocycles. The summed E-state index contributed by atoms with van der Waals surface area (Å²) in [6, 6.07) is 15.2. The highest BCUT2D eigenvalue weighted by atomic mass is 16.5. The maximum Gasteiger partial charge on any atom is 0.224 e. The van der Waals surface area contributed by atoms with Gasteiger partial charge in [0, 0.05) is 36.6 Å². The van der Waals surface area contributed by atoms with Crippen molar-refractivity contribution in [3.05, 3.63) is 66.6 Å². The van der Waals surface area contributed by atoms with Crippen LogP contribution in [0.3, 0.4) is 0 Å². The largest absolute Gasteiger partial charge is 0.457 e. The molecule has 4 aromatic rings. The van der Waals surface area contributed by atoms with Gasteiger partial charge >= 0.3 is 0 Å². The molecule has 0 atom stereocenters. The summed E-state index contributed by atoms with van der Waals surface area (Å²) in [6.45, 7) is 9.49. The maximum atomic E-state index is 12.3. The van der Waals surface area contributed by atoms with Gasteiger partial charge in [-0.3, -0.25) is 4.79 Å². The molecule has 0 saturated heterocycles. The Hall–Kier alpha value is -3.95. The van der Waals surface area contributed by atoms with Crippen molar-refractivity contribution in [2.24, 2.45) is 5.41 Å². The molecule has 0 fully saturated rings. The van der Waals surface area contributed by atoms with Crippen LogP contribution in [0.5, 0.6) is 11.5 Å². The molecule has 0 spiro atoms. The standard InChI is InChI=1S/C29H35N5O4/c1-20-16-22(33-28-27-24(30-19-31-28)10-11-34(27)12-14-37-15-13-35)8-9-25(20)38-23-7-5-6-21(17-23)32-26(36)18-29(2,3)4/h5-11,16-17,19,35H,12-15,18H2,1-4H3,(H,32,36)(H,30,31,33). The minimum Gasteiger partial charge on any atom is -0.457 e. The summed E-state index contributed by atoms with van der Waals surface area (Å²) in [5.74, 6) is 2.02. The first-order chi connectivity index (χ1) is 18.2. The number of anilines is 3. The number of hydrogen-bond donors (Lipinski definition) is 3. The van der Waals surface area contributed by atoms with E-state index in [4.69, 9.17) is 14.6 Å². The molecule has 9 heteroatoms. The molecule has 0 unspecified atom stereocenters. The summed E-state index contributed by atoms with van der Waals surface area (Å²) in [7, 11) is 0. The van der Waals surface area contributed by atoms with Crippen LogP contribution < -0.4 is 15.4 Å². The van der Waals surface area contributed by atoms with E-state index >= 15 is 0 Å². The fourth-order valence-corrected chi connectivity index (χ4v) is 4.07. The SMILES string of the molecule is Cc1cc(Nc2ncnc3ccn(CCOCCO)c23)ccc1Oc1cccc(NC(=O)CC(C)(C)C)c1. The molecule has 0 aliphatic carbocycles. The summed E-state index contributed by atoms with van der Waals surface area (Å²) >= 11 is 0. The van der Waals surface area contributed by atoms with Crippen LogP contribution in [0.15, 0.2) is 61.1 Å². The zero-order chi connectivity index (χ0) is 27.1. The van der Waals surface area contributed by atoms with E-state index in [-0.39, 0.29) is 17.9 Å². The third-order valence-electron chi connectivity index (χ3n) is 5.74. The van der Waals surface area contributed by atoms with E-state index in [0.29, 0.717) is 49.2 Å². The van der Waals surface area contributed by atoms with Crippen molar-refractivity contribution in [1.29, 1.82) is 0 Å². The van der Waals surface area contributed by atoms with Crippen molar-refractivity contribution in [2.75, 3.05) is 30.5 Å². The maximum absolute atomic E-state index is 12.3. The van der Waals surface area contributed by atoms with Crippen LogP contribution >= 0.6 is 0 Å². The molecule has 3 N–H and O–H groups in total. The van der Waals surface area contributed by atoms with E-state index in [1.165, 1.54) is 6.33 Å². The van der Waals surface area contributed by atoms with Gasteiger partial charge in [0.1, 0.15) is 23.3 Å². The summed E-state index contributed by atoms with van der Waals surface area (Å²) in [6.07, 6.45) is 3.93. The number of aryl methyl sites for hydroxylation is 1. The molecule has 4 rings (SSSR count). The zero-order valence-corrected chi connectivity index (χ0v) is 22.3. The highest BCUT2D eigenvalue weighted by molar-refractivity contribution is 5.91. The number of hydrogen-bond acceptors (Lipinski definition) is 7. The van der Waals surface area contributed by atoms with Crippen molar-refractivity contribution >= 4 is 34.1 Å². The minimum absolute atomic E-state index is 0.000843. The van der Waals surface area contributed by atoms with Crippen LogP contribution in [-0.4, -0.2) is 45.4 Å². The van der Waals surface area contributed by atoms with Gasteiger partial charge in [0.15, 0.2) is 5.82 Å². The Bertz CT molecular complexity index is 1390. The van der Waals surface area contributed by atoms with Gasteiger partial charge in [0.05, 0.1) is 25.3 Å². The summed E-state index contributed by atoms with van der Waals surface area (Å²) in [5, 5.41) is 15.3. The van der Waals surface area contributed by atoms with Gasteiger partial charge in [-0.1, -0.05) is 26.8 Å². The van der Waals surface area contributed by atoms with Crippen LogP contribution in [0.1, 0.15) is 32.8 Å². The second kappa shape index (κ2) is 12.1. The molecule has 0 aliphatic rings. The van der Waals surface area contributed by atoms with Gasteiger partial charge in [0.2, 0.25) is 5.91 Å². The number of benzene rings is 2. The second-order valence-electron chi connectivity index (χ2n) is 10.3. The molecule has 38 heavy (non-hydrogen) atoms. The number of aliphatic hydroxyl groups is 1. The molecular formula is C29H35N5O4. The third kappa shape index (κ3) is 7.30. The lowest BCUT2D eigenvalue weighted by Crippen LogP contribution is -2.19. The number of aromatic nitrogens is 3. The van der Waals surface area contributed by atoms with E-state index in [9.17, 15) is 4.79 Å². The minimum atomic E-state index is -0.0829. The van der Waals surface area contributed by atoms with Crippen molar-refractivity contribution in [1.82, 2.24) is 14.5 Å². The number of fused-ring (bicyclic) bond motifs is 1. The Kier molecular flexibility index (Phi) is 8.60. The first-order valence-corrected chi connectivity index (χ1v) is 12.7. The van der Waals surface area contributed by atoms with Gasteiger partial charge in [-0.15, -0.1) is 0 Å². The second-order valence-corrected chi connectivity index (χ2v) is 10.3. The molecule has 0 radical (unpaired) electrons. The van der Waals surface area contributed by atoms with E-state index in [0.717, 1.165) is 22.3 Å². The monoisotopic (exact) mass is 517 g/mol. The third-order valence-corrected chi connectivity index (χ3v) is 5.74. The fourth-order valence-electron chi connectivity index (χ4n) is 4.07. The normalized spacial score (nSPS) is 11.5. The lowest BCUT2D eigenvalue weighted by atomic mass is 9.92. The molecule has 9 nitrogen and oxygen atoms in total. The first kappa shape index (κ1) is 27.1. The molecule has 0 bridgehead atoms. The first-order valence-electron chi connectivity index (χ1n) is 12.7. The van der Waals surface area contributed by atoms with Gasteiger partial charge in [0.25, 0.3) is 0 Å². The Labute approximate surface area is 222 Å². The Morgan fingerprint density at radius 1 is 1.05 bits per heavy atom. The van der Waals surface area contributed by atoms with Crippen LogP contribution in [-0.2, 0) is 16.1 Å². The van der Waals surface area contributed by atoms with E-state index in [1.807, 2.05) is 87.0 Å². The zero-order valence-electron chi connectivity index (χ0n) is 22.3. The number of ether oxygens (including phenoxy) is 2. The van der Waals surface area contributed by atoms with Crippen molar-refractivity contribution < 1.29 is 19.4 Å². The number of rotatable bonds is 11. The Balaban J connectivity index is 1.46. The van der Waals surface area contributed by atoms with Crippen molar-refractivity contribution in [2.45, 2.75) is 40.7 Å². The lowest BCUT2D eigenvalue weighted by Gasteiger charge is -2.17. The Morgan fingerprint density at radius 2 is 1.89 bits per heavy atom. The highest BCUT2D eigenvalue weighted by Gasteiger charge is 2.16. The average molecular weight is 518 g/mol. The number of nitrogens with zero attached hydrogens (tertiary/aromatic N) is 3. The quantitative estimate of drug-likeness (QED) is 0.220. The number of aliphatic hydroxyl groups excluding tert-OH is 1. The molecule has 2 aromatic carbocycles. The number of carbonyl (C=O) groups excluding carboxylic acids is 1. The molecule has 200 valence electrons. The van der Waals surface area contributed by atoms with Crippen molar-refractivity contribution in [3.8, 4) is 11.5 Å². The van der Waals surface area contributed by atoms with E-state index in [2.05, 4.69) is 20.6 Å². The van der Waals surface area contributed by atoms with Gasteiger partial charge in [-0.25, -0.2) is 9.97 Å². The van der Waals surface area contributed by atoms with Crippen LogP contribution in [0.4, 0.5) is 17.2 Å². The molecule has 1 amide bonds. The Morgan fingerprint density at radius 3 is 2.66 bits per heavy atom. The van der Waals surface area contributed by atoms with E-state index in [1.54, 1.807) is 0 Å². The fraction of sp³-hybridized carbons (Fsp3) is 0.345. The summed E-state index contributed by atoms with van der Waals surface area (Å²) in [5.41, 5.74) is 4.13. The van der Waals surface area contributed by atoms with Gasteiger partial charge < -0.3 is 29.8 Å². The summed E-state index contributed by atoms with van der Waals surface area (Å²) < 4.78 is 13.6. The van der Waals surface area contributed by atoms with E-state index < -0.39 is 0 Å². The molecular weight excluding hydrogens is 482 g/mol. The van der Waals surface area contributed by atoms with Crippen LogP contribution in [0, 0.1) is 12.3 Å². The molecule has 2 aromatic heterocycles. The smallest absolute Gasteiger partial charge is 0.224 e. The number of carbonyl (C=O) groups is 1.